The summed E-state index contributed by atoms with van der Waals surface area (Å²) in [5.74, 6) is -0.195. The molecule has 2 fully saturated rings. The highest BCUT2D eigenvalue weighted by atomic mass is 16.4. The Hall–Kier alpha value is -1.88. The van der Waals surface area contributed by atoms with Crippen LogP contribution in [0.3, 0.4) is 0 Å². The number of amides is 1. The Balaban J connectivity index is 1.37. The van der Waals surface area contributed by atoms with Gasteiger partial charge in [-0.05, 0) is 55.6 Å². The van der Waals surface area contributed by atoms with E-state index in [2.05, 4.69) is 28.4 Å². The summed E-state index contributed by atoms with van der Waals surface area (Å²) in [6.45, 7) is 0.554. The van der Waals surface area contributed by atoms with Crippen LogP contribution in [0.5, 0.6) is 0 Å². The quantitative estimate of drug-likeness (QED) is 0.834. The van der Waals surface area contributed by atoms with Crippen molar-refractivity contribution in [3.63, 3.8) is 0 Å². The fraction of sp³-hybridized carbons (Fsp3) is 0.636. The maximum atomic E-state index is 12.6. The van der Waals surface area contributed by atoms with Crippen molar-refractivity contribution in [2.24, 2.45) is 5.92 Å². The lowest BCUT2D eigenvalue weighted by Crippen LogP contribution is -2.44. The zero-order valence-electron chi connectivity index (χ0n) is 15.9. The molecule has 1 saturated heterocycles. The number of aryl methyl sites for hydroxylation is 1. The minimum Gasteiger partial charge on any atom is -0.480 e. The van der Waals surface area contributed by atoms with Gasteiger partial charge in [0.05, 0.1) is 6.04 Å². The molecule has 4 unspecified atom stereocenters. The lowest BCUT2D eigenvalue weighted by Gasteiger charge is -2.33. The van der Waals surface area contributed by atoms with Gasteiger partial charge in [0.2, 0.25) is 5.91 Å². The number of carboxylic acid groups (broad SMARTS) is 1. The van der Waals surface area contributed by atoms with Gasteiger partial charge in [-0.15, -0.1) is 0 Å². The van der Waals surface area contributed by atoms with Crippen molar-refractivity contribution in [2.45, 2.75) is 75.9 Å². The molecule has 1 heterocycles. The SMILES string of the molecule is O=C(CCN1C(C(=O)O)CC2CCCCC21)NC1CCCc2ccccc21. The Morgan fingerprint density at radius 3 is 2.78 bits per heavy atom. The summed E-state index contributed by atoms with van der Waals surface area (Å²) in [5, 5.41) is 12.8. The van der Waals surface area contributed by atoms with Crippen molar-refractivity contribution in [3.8, 4) is 0 Å². The molecular formula is C22H30N2O3. The first-order valence-corrected chi connectivity index (χ1v) is 10.5. The number of hydrogen-bond acceptors (Lipinski definition) is 3. The third-order valence-corrected chi connectivity index (χ3v) is 6.81. The number of hydrogen-bond donors (Lipinski definition) is 2. The summed E-state index contributed by atoms with van der Waals surface area (Å²) in [5.41, 5.74) is 2.58. The van der Waals surface area contributed by atoms with Crippen LogP contribution in [0.4, 0.5) is 0 Å². The molecule has 1 aliphatic heterocycles. The predicted molar refractivity (Wildman–Crippen MR) is 103 cm³/mol. The smallest absolute Gasteiger partial charge is 0.320 e. The largest absolute Gasteiger partial charge is 0.480 e. The van der Waals surface area contributed by atoms with E-state index in [1.54, 1.807) is 0 Å². The van der Waals surface area contributed by atoms with E-state index in [0.717, 1.165) is 38.5 Å². The standard InChI is InChI=1S/C22H30N2O3/c25-21(23-18-10-5-8-15-6-1-3-9-17(15)18)12-13-24-19-11-4-2-7-16(19)14-20(24)22(26)27/h1,3,6,9,16,18-20H,2,4-5,7-8,10-14H2,(H,23,25)(H,26,27). The van der Waals surface area contributed by atoms with E-state index in [1.807, 2.05) is 6.07 Å². The summed E-state index contributed by atoms with van der Waals surface area (Å²) >= 11 is 0. The highest BCUT2D eigenvalue weighted by Gasteiger charge is 2.44. The van der Waals surface area contributed by atoms with Gasteiger partial charge >= 0.3 is 5.97 Å². The summed E-state index contributed by atoms with van der Waals surface area (Å²) in [4.78, 5) is 26.5. The molecule has 1 saturated carbocycles. The number of carbonyl (C=O) groups excluding carboxylic acids is 1. The van der Waals surface area contributed by atoms with Crippen molar-refractivity contribution < 1.29 is 14.7 Å². The average molecular weight is 370 g/mol. The first-order chi connectivity index (χ1) is 13.1. The van der Waals surface area contributed by atoms with Gasteiger partial charge in [-0.3, -0.25) is 14.5 Å². The fourth-order valence-electron chi connectivity index (χ4n) is 5.52. The number of rotatable bonds is 5. The zero-order chi connectivity index (χ0) is 18.8. The Morgan fingerprint density at radius 2 is 1.93 bits per heavy atom. The minimum absolute atomic E-state index is 0.0418. The van der Waals surface area contributed by atoms with E-state index >= 15 is 0 Å². The molecule has 3 aliphatic rings. The molecule has 5 nitrogen and oxygen atoms in total. The van der Waals surface area contributed by atoms with E-state index in [1.165, 1.54) is 24.0 Å². The van der Waals surface area contributed by atoms with Crippen molar-refractivity contribution in [2.75, 3.05) is 6.54 Å². The molecule has 2 aliphatic carbocycles. The second-order valence-electron chi connectivity index (χ2n) is 8.40. The molecule has 0 aromatic heterocycles. The fourth-order valence-corrected chi connectivity index (χ4v) is 5.52. The molecule has 4 rings (SSSR count). The maximum absolute atomic E-state index is 12.6. The van der Waals surface area contributed by atoms with E-state index < -0.39 is 12.0 Å². The van der Waals surface area contributed by atoms with E-state index in [-0.39, 0.29) is 11.9 Å². The monoisotopic (exact) mass is 370 g/mol. The Morgan fingerprint density at radius 1 is 1.11 bits per heavy atom. The maximum Gasteiger partial charge on any atom is 0.320 e. The van der Waals surface area contributed by atoms with Gasteiger partial charge in [0.25, 0.3) is 0 Å². The van der Waals surface area contributed by atoms with Crippen LogP contribution in [0.25, 0.3) is 0 Å². The van der Waals surface area contributed by atoms with Gasteiger partial charge in [-0.2, -0.15) is 0 Å². The highest BCUT2D eigenvalue weighted by Crippen LogP contribution is 2.39. The summed E-state index contributed by atoms with van der Waals surface area (Å²) < 4.78 is 0. The summed E-state index contributed by atoms with van der Waals surface area (Å²) in [6, 6.07) is 8.39. The van der Waals surface area contributed by atoms with Gasteiger partial charge in [0.1, 0.15) is 6.04 Å². The van der Waals surface area contributed by atoms with Crippen molar-refractivity contribution in [1.29, 1.82) is 0 Å². The lowest BCUT2D eigenvalue weighted by atomic mass is 9.85. The molecular weight excluding hydrogens is 340 g/mol. The van der Waals surface area contributed by atoms with Gasteiger partial charge in [0, 0.05) is 19.0 Å². The zero-order valence-corrected chi connectivity index (χ0v) is 15.9. The number of carboxylic acids is 1. The first kappa shape index (κ1) is 18.5. The Kier molecular flexibility index (Phi) is 5.48. The number of nitrogens with one attached hydrogen (secondary N) is 1. The molecule has 146 valence electrons. The van der Waals surface area contributed by atoms with E-state index in [4.69, 9.17) is 0 Å². The first-order valence-electron chi connectivity index (χ1n) is 10.5. The van der Waals surface area contributed by atoms with Crippen LogP contribution in [0.1, 0.15) is 68.5 Å². The lowest BCUT2D eigenvalue weighted by molar-refractivity contribution is -0.143. The number of carbonyl (C=O) groups is 2. The van der Waals surface area contributed by atoms with Crippen LogP contribution in [0.2, 0.25) is 0 Å². The predicted octanol–water partition coefficient (Wildman–Crippen LogP) is 3.29. The third-order valence-electron chi connectivity index (χ3n) is 6.81. The number of nitrogens with zero attached hydrogens (tertiary/aromatic N) is 1. The molecule has 27 heavy (non-hydrogen) atoms. The molecule has 2 N–H and O–H groups in total. The van der Waals surface area contributed by atoms with Crippen LogP contribution in [-0.2, 0) is 16.0 Å². The average Bonchev–Trinajstić information content (AvgIpc) is 3.06. The molecule has 0 spiro atoms. The van der Waals surface area contributed by atoms with Crippen molar-refractivity contribution in [3.05, 3.63) is 35.4 Å². The van der Waals surface area contributed by atoms with Gasteiger partial charge in [0.15, 0.2) is 0 Å². The molecule has 1 aromatic rings. The normalized spacial score (nSPS) is 30.4. The van der Waals surface area contributed by atoms with Crippen LogP contribution in [0, 0.1) is 5.92 Å². The van der Waals surface area contributed by atoms with Crippen LogP contribution in [-0.4, -0.2) is 40.5 Å². The molecule has 1 aromatic carbocycles. The van der Waals surface area contributed by atoms with E-state index in [9.17, 15) is 14.7 Å². The van der Waals surface area contributed by atoms with Crippen molar-refractivity contribution >= 4 is 11.9 Å². The van der Waals surface area contributed by atoms with Crippen LogP contribution < -0.4 is 5.32 Å². The Bertz CT molecular complexity index is 705. The second kappa shape index (κ2) is 8.01. The highest BCUT2D eigenvalue weighted by molar-refractivity contribution is 5.77. The Labute approximate surface area is 161 Å². The van der Waals surface area contributed by atoms with Gasteiger partial charge in [-0.1, -0.05) is 37.1 Å². The van der Waals surface area contributed by atoms with E-state index in [0.29, 0.717) is 24.9 Å². The molecule has 4 atom stereocenters. The van der Waals surface area contributed by atoms with Gasteiger partial charge < -0.3 is 10.4 Å². The van der Waals surface area contributed by atoms with Crippen molar-refractivity contribution in [1.82, 2.24) is 10.2 Å². The van der Waals surface area contributed by atoms with Crippen LogP contribution >= 0.6 is 0 Å². The molecule has 0 bridgehead atoms. The van der Waals surface area contributed by atoms with Gasteiger partial charge in [-0.25, -0.2) is 0 Å². The third kappa shape index (κ3) is 3.88. The molecule has 1 amide bonds. The topological polar surface area (TPSA) is 69.6 Å². The van der Waals surface area contributed by atoms with Crippen LogP contribution in [0.15, 0.2) is 24.3 Å². The number of benzene rings is 1. The summed E-state index contributed by atoms with van der Waals surface area (Å²) in [6.07, 6.45) is 8.89. The number of aliphatic carboxylic acids is 1. The second-order valence-corrected chi connectivity index (χ2v) is 8.40. The number of likely N-dealkylation sites (tertiary alicyclic amines) is 1. The summed E-state index contributed by atoms with van der Waals surface area (Å²) in [7, 11) is 0. The molecule has 5 heteroatoms. The minimum atomic E-state index is -0.731. The number of fused-ring (bicyclic) bond motifs is 2. The molecule has 0 radical (unpaired) electrons.